The van der Waals surface area contributed by atoms with E-state index in [1.807, 2.05) is 20.8 Å². The minimum absolute atomic E-state index is 0.0140. The minimum atomic E-state index is -1.18. The molecule has 0 bridgehead atoms. The highest BCUT2D eigenvalue weighted by atomic mass is 16.6. The largest absolute Gasteiger partial charge is 0.465 e. The number of rotatable bonds is 22. The summed E-state index contributed by atoms with van der Waals surface area (Å²) >= 11 is 0. The molecule has 0 spiro atoms. The molecule has 0 aromatic heterocycles. The first-order valence-electron chi connectivity index (χ1n) is 13.8. The van der Waals surface area contributed by atoms with Crippen molar-refractivity contribution in [3.63, 3.8) is 0 Å². The van der Waals surface area contributed by atoms with E-state index in [4.69, 9.17) is 28.4 Å². The molecule has 0 aromatic carbocycles. The Bertz CT molecular complexity index is 721. The quantitative estimate of drug-likeness (QED) is 0.140. The van der Waals surface area contributed by atoms with E-state index < -0.39 is 28.7 Å². The summed E-state index contributed by atoms with van der Waals surface area (Å²) in [4.78, 5) is 60.1. The van der Waals surface area contributed by atoms with E-state index in [2.05, 4.69) is 0 Å². The van der Waals surface area contributed by atoms with Crippen molar-refractivity contribution in [1.29, 1.82) is 0 Å². The molecule has 0 amide bonds. The van der Waals surface area contributed by atoms with E-state index in [1.54, 1.807) is 20.8 Å². The van der Waals surface area contributed by atoms with E-state index >= 15 is 0 Å². The summed E-state index contributed by atoms with van der Waals surface area (Å²) < 4.78 is 33.0. The number of hydrogen-bond acceptors (Lipinski definition) is 11. The van der Waals surface area contributed by atoms with Gasteiger partial charge >= 0.3 is 29.8 Å². The third-order valence-electron chi connectivity index (χ3n) is 5.58. The number of esters is 5. The first-order chi connectivity index (χ1) is 18.5. The van der Waals surface area contributed by atoms with Gasteiger partial charge in [0.25, 0.3) is 0 Å². The van der Waals surface area contributed by atoms with Crippen LogP contribution in [0.2, 0.25) is 0 Å². The second-order valence-electron chi connectivity index (χ2n) is 10.1. The maximum atomic E-state index is 12.1. The van der Waals surface area contributed by atoms with Crippen LogP contribution in [0.3, 0.4) is 0 Å². The summed E-state index contributed by atoms with van der Waals surface area (Å²) in [5.41, 5.74) is -2.07. The smallest absolute Gasteiger partial charge is 0.305 e. The molecule has 0 N–H and O–H groups in total. The molecule has 0 heterocycles. The molecular formula is C28H48O11. The Morgan fingerprint density at radius 1 is 0.462 bits per heavy atom. The summed E-state index contributed by atoms with van der Waals surface area (Å²) in [5, 5.41) is 0. The van der Waals surface area contributed by atoms with Crippen molar-refractivity contribution in [2.45, 2.75) is 92.9 Å². The molecule has 0 fully saturated rings. The van der Waals surface area contributed by atoms with Crippen LogP contribution in [0.4, 0.5) is 0 Å². The fourth-order valence-corrected chi connectivity index (χ4v) is 3.13. The second kappa shape index (κ2) is 20.2. The second-order valence-corrected chi connectivity index (χ2v) is 10.1. The highest BCUT2D eigenvalue weighted by Crippen LogP contribution is 2.25. The topological polar surface area (TPSA) is 141 Å². The SMILES string of the molecule is CCCC(=O)OCC(C)(COCC(COC(=O)CC)(COC(=O)CC)COC(=O)CCC)COC(=O)CCC. The van der Waals surface area contributed by atoms with Crippen LogP contribution in [0.15, 0.2) is 0 Å². The van der Waals surface area contributed by atoms with Gasteiger partial charge in [-0.3, -0.25) is 24.0 Å². The highest BCUT2D eigenvalue weighted by molar-refractivity contribution is 5.70. The van der Waals surface area contributed by atoms with Crippen molar-refractivity contribution in [3.8, 4) is 0 Å². The van der Waals surface area contributed by atoms with Crippen molar-refractivity contribution < 1.29 is 52.4 Å². The zero-order valence-corrected chi connectivity index (χ0v) is 24.6. The molecule has 11 heteroatoms. The zero-order valence-electron chi connectivity index (χ0n) is 24.6. The molecule has 0 saturated heterocycles. The molecular weight excluding hydrogens is 512 g/mol. The Morgan fingerprint density at radius 3 is 1.13 bits per heavy atom. The Morgan fingerprint density at radius 2 is 0.795 bits per heavy atom. The summed E-state index contributed by atoms with van der Waals surface area (Å²) in [6, 6.07) is 0. The van der Waals surface area contributed by atoms with Crippen molar-refractivity contribution in [3.05, 3.63) is 0 Å². The van der Waals surface area contributed by atoms with Crippen LogP contribution in [-0.4, -0.2) is 76.1 Å². The molecule has 0 aliphatic rings. The highest BCUT2D eigenvalue weighted by Gasteiger charge is 2.38. The number of carbonyl (C=O) groups excluding carboxylic acids is 5. The Kier molecular flexibility index (Phi) is 18.9. The molecule has 0 aliphatic heterocycles. The normalized spacial score (nSPS) is 11.4. The molecule has 0 unspecified atom stereocenters. The van der Waals surface area contributed by atoms with Crippen LogP contribution in [-0.2, 0) is 52.4 Å². The van der Waals surface area contributed by atoms with Gasteiger partial charge in [0, 0.05) is 32.1 Å². The summed E-state index contributed by atoms with van der Waals surface area (Å²) in [7, 11) is 0. The first kappa shape index (κ1) is 36.3. The van der Waals surface area contributed by atoms with E-state index in [0.717, 1.165) is 0 Å². The number of hydrogen-bond donors (Lipinski definition) is 0. The van der Waals surface area contributed by atoms with Crippen molar-refractivity contribution in [1.82, 2.24) is 0 Å². The maximum absolute atomic E-state index is 12.1. The van der Waals surface area contributed by atoms with Crippen molar-refractivity contribution >= 4 is 29.8 Å². The average molecular weight is 561 g/mol. The van der Waals surface area contributed by atoms with Crippen molar-refractivity contribution in [2.75, 3.05) is 46.2 Å². The van der Waals surface area contributed by atoms with Crippen LogP contribution in [0.5, 0.6) is 0 Å². The van der Waals surface area contributed by atoms with Gasteiger partial charge in [0.1, 0.15) is 33.0 Å². The Balaban J connectivity index is 5.76. The molecule has 0 radical (unpaired) electrons. The molecule has 0 saturated carbocycles. The van der Waals surface area contributed by atoms with Gasteiger partial charge in [-0.25, -0.2) is 0 Å². The van der Waals surface area contributed by atoms with Crippen molar-refractivity contribution in [2.24, 2.45) is 10.8 Å². The molecule has 11 nitrogen and oxygen atoms in total. The van der Waals surface area contributed by atoms with E-state index in [9.17, 15) is 24.0 Å². The average Bonchev–Trinajstić information content (AvgIpc) is 2.91. The lowest BCUT2D eigenvalue weighted by atomic mass is 9.91. The zero-order chi connectivity index (χ0) is 29.7. The third-order valence-corrected chi connectivity index (χ3v) is 5.58. The predicted octanol–water partition coefficient (Wildman–Crippen LogP) is 3.93. The lowest BCUT2D eigenvalue weighted by molar-refractivity contribution is -0.170. The van der Waals surface area contributed by atoms with Gasteiger partial charge in [-0.15, -0.1) is 0 Å². The lowest BCUT2D eigenvalue weighted by Crippen LogP contribution is -2.45. The lowest BCUT2D eigenvalue weighted by Gasteiger charge is -2.34. The Hall–Kier alpha value is -2.69. The maximum Gasteiger partial charge on any atom is 0.305 e. The van der Waals surface area contributed by atoms with E-state index in [-0.39, 0.29) is 90.3 Å². The molecule has 39 heavy (non-hydrogen) atoms. The third kappa shape index (κ3) is 16.8. The monoisotopic (exact) mass is 560 g/mol. The molecule has 0 aromatic rings. The van der Waals surface area contributed by atoms with Gasteiger partial charge in [0.2, 0.25) is 0 Å². The summed E-state index contributed by atoms with van der Waals surface area (Å²) in [5.74, 6) is -2.15. The van der Waals surface area contributed by atoms with Crippen LogP contribution in [0.1, 0.15) is 92.9 Å². The predicted molar refractivity (Wildman–Crippen MR) is 141 cm³/mol. The van der Waals surface area contributed by atoms with Crippen LogP contribution >= 0.6 is 0 Å². The van der Waals surface area contributed by atoms with Gasteiger partial charge < -0.3 is 28.4 Å². The van der Waals surface area contributed by atoms with Crippen LogP contribution < -0.4 is 0 Å². The van der Waals surface area contributed by atoms with Gasteiger partial charge in [0.05, 0.1) is 24.0 Å². The first-order valence-corrected chi connectivity index (χ1v) is 13.8. The van der Waals surface area contributed by atoms with E-state index in [1.165, 1.54) is 0 Å². The molecule has 0 atom stereocenters. The fourth-order valence-electron chi connectivity index (χ4n) is 3.13. The van der Waals surface area contributed by atoms with Gasteiger partial charge in [-0.2, -0.15) is 0 Å². The summed E-state index contributed by atoms with van der Waals surface area (Å²) in [6.07, 6.45) is 2.81. The number of carbonyl (C=O) groups is 5. The van der Waals surface area contributed by atoms with Gasteiger partial charge in [0.15, 0.2) is 0 Å². The molecule has 0 aliphatic carbocycles. The fraction of sp³-hybridized carbons (Fsp3) is 0.821. The van der Waals surface area contributed by atoms with Crippen LogP contribution in [0.25, 0.3) is 0 Å². The molecule has 0 rings (SSSR count). The van der Waals surface area contributed by atoms with Crippen LogP contribution in [0, 0.1) is 10.8 Å². The minimum Gasteiger partial charge on any atom is -0.465 e. The summed E-state index contributed by atoms with van der Waals surface area (Å²) in [6.45, 7) is 9.70. The van der Waals surface area contributed by atoms with Gasteiger partial charge in [-0.05, 0) is 19.3 Å². The molecule has 226 valence electrons. The van der Waals surface area contributed by atoms with E-state index in [0.29, 0.717) is 19.3 Å². The Labute approximate surface area is 232 Å². The van der Waals surface area contributed by atoms with Gasteiger partial charge in [-0.1, -0.05) is 41.5 Å². The number of ether oxygens (including phenoxy) is 6. The standard InChI is InChI=1S/C28H48O11/c1-7-12-24(31)35-16-27(6,17-36-25(32)13-8-2)15-34-18-28(19-37-22(29)10-4,20-38-23(30)11-5)21-39-26(33)14-9-3/h7-21H2,1-6H3.